The Hall–Kier alpha value is -1.86. The fourth-order valence-corrected chi connectivity index (χ4v) is 2.10. The molecule has 18 heavy (non-hydrogen) atoms. The summed E-state index contributed by atoms with van der Waals surface area (Å²) in [6.45, 7) is 5.40. The highest BCUT2D eigenvalue weighted by atomic mass is 15.1. The number of likely N-dealkylation sites (N-methyl/N-ethyl adjacent to an activating group) is 1. The van der Waals surface area contributed by atoms with E-state index >= 15 is 0 Å². The molecule has 2 aromatic rings. The summed E-state index contributed by atoms with van der Waals surface area (Å²) in [5.41, 5.74) is 4.52. The van der Waals surface area contributed by atoms with Gasteiger partial charge < -0.3 is 9.88 Å². The van der Waals surface area contributed by atoms with Gasteiger partial charge in [0.05, 0.1) is 17.1 Å². The molecule has 2 rings (SSSR count). The first kappa shape index (κ1) is 12.6. The van der Waals surface area contributed by atoms with E-state index < -0.39 is 0 Å². The van der Waals surface area contributed by atoms with Crippen LogP contribution in [-0.4, -0.2) is 23.1 Å². The maximum Gasteiger partial charge on any atom is 0.112 e. The molecule has 0 unspecified atom stereocenters. The van der Waals surface area contributed by atoms with E-state index in [0.29, 0.717) is 6.54 Å². The largest absolute Gasteiger partial charge is 0.319 e. The van der Waals surface area contributed by atoms with Crippen molar-refractivity contribution in [2.45, 2.75) is 26.8 Å². The molecule has 0 spiro atoms. The maximum absolute atomic E-state index is 8.96. The summed E-state index contributed by atoms with van der Waals surface area (Å²) in [6.07, 6.45) is 0.838. The van der Waals surface area contributed by atoms with Gasteiger partial charge in [0.25, 0.3) is 0 Å². The average Bonchev–Trinajstić information content (AvgIpc) is 2.66. The molecule has 1 aromatic heterocycles. The summed E-state index contributed by atoms with van der Waals surface area (Å²) >= 11 is 0. The third kappa shape index (κ3) is 2.22. The zero-order valence-corrected chi connectivity index (χ0v) is 11.1. The summed E-state index contributed by atoms with van der Waals surface area (Å²) in [5.74, 6) is 0.978. The minimum Gasteiger partial charge on any atom is -0.319 e. The summed E-state index contributed by atoms with van der Waals surface area (Å²) in [7, 11) is 1.92. The Morgan fingerprint density at radius 2 is 2.06 bits per heavy atom. The number of nitrogens with zero attached hydrogens (tertiary/aromatic N) is 3. The molecular weight excluding hydrogens is 224 g/mol. The first-order valence-corrected chi connectivity index (χ1v) is 6.15. The van der Waals surface area contributed by atoms with Crippen molar-refractivity contribution in [2.75, 3.05) is 13.6 Å². The number of imidazole rings is 1. The normalized spacial score (nSPS) is 10.8. The van der Waals surface area contributed by atoms with Crippen LogP contribution >= 0.6 is 0 Å². The number of aryl methyl sites for hydroxylation is 2. The van der Waals surface area contributed by atoms with Gasteiger partial charge in [-0.1, -0.05) is 0 Å². The van der Waals surface area contributed by atoms with E-state index in [9.17, 15) is 0 Å². The number of hydrogen-bond acceptors (Lipinski definition) is 3. The van der Waals surface area contributed by atoms with Gasteiger partial charge in [0.2, 0.25) is 0 Å². The molecular formula is C14H18N4. The Kier molecular flexibility index (Phi) is 3.63. The minimum absolute atomic E-state index is 0.359. The predicted molar refractivity (Wildman–Crippen MR) is 72.5 cm³/mol. The lowest BCUT2D eigenvalue weighted by molar-refractivity contribution is 0.706. The molecule has 0 aliphatic rings. The van der Waals surface area contributed by atoms with Gasteiger partial charge >= 0.3 is 0 Å². The van der Waals surface area contributed by atoms with Crippen molar-refractivity contribution in [2.24, 2.45) is 0 Å². The van der Waals surface area contributed by atoms with Crippen LogP contribution in [0.1, 0.15) is 17.0 Å². The van der Waals surface area contributed by atoms with Gasteiger partial charge in [-0.05, 0) is 44.2 Å². The van der Waals surface area contributed by atoms with E-state index in [-0.39, 0.29) is 0 Å². The summed E-state index contributed by atoms with van der Waals surface area (Å²) in [6, 6.07) is 6.44. The topological polar surface area (TPSA) is 53.6 Å². The second kappa shape index (κ2) is 5.19. The number of benzene rings is 1. The van der Waals surface area contributed by atoms with Crippen LogP contribution in [0.4, 0.5) is 0 Å². The molecule has 94 valence electrons. The lowest BCUT2D eigenvalue weighted by atomic mass is 10.1. The van der Waals surface area contributed by atoms with Crippen LogP contribution in [0.2, 0.25) is 0 Å². The Balaban J connectivity index is 2.56. The van der Waals surface area contributed by atoms with Crippen molar-refractivity contribution in [3.8, 4) is 6.07 Å². The highest BCUT2D eigenvalue weighted by molar-refractivity contribution is 5.78. The molecule has 1 N–H and O–H groups in total. The van der Waals surface area contributed by atoms with Gasteiger partial charge in [-0.2, -0.15) is 5.26 Å². The van der Waals surface area contributed by atoms with Crippen molar-refractivity contribution in [1.82, 2.24) is 14.9 Å². The molecule has 0 bridgehead atoms. The SMILES string of the molecule is CNCCc1nc2cc(C)c(C)cc2n1CC#N. The van der Waals surface area contributed by atoms with Crippen LogP contribution in [0, 0.1) is 25.2 Å². The van der Waals surface area contributed by atoms with E-state index in [1.807, 2.05) is 11.6 Å². The van der Waals surface area contributed by atoms with E-state index in [1.165, 1.54) is 11.1 Å². The molecule has 1 heterocycles. The zero-order chi connectivity index (χ0) is 13.1. The van der Waals surface area contributed by atoms with Gasteiger partial charge in [0.15, 0.2) is 0 Å². The molecule has 4 heteroatoms. The number of hydrogen-bond donors (Lipinski definition) is 1. The molecule has 0 aliphatic carbocycles. The standard InChI is InChI=1S/C14H18N4/c1-10-8-12-13(9-11(10)2)18(7-5-15)14(17-12)4-6-16-3/h8-9,16H,4,6-7H2,1-3H3. The fourth-order valence-electron chi connectivity index (χ4n) is 2.10. The second-order valence-corrected chi connectivity index (χ2v) is 4.55. The van der Waals surface area contributed by atoms with Crippen LogP contribution < -0.4 is 5.32 Å². The minimum atomic E-state index is 0.359. The van der Waals surface area contributed by atoms with Crippen molar-refractivity contribution < 1.29 is 0 Å². The number of nitriles is 1. The quantitative estimate of drug-likeness (QED) is 0.891. The molecule has 0 radical (unpaired) electrons. The first-order valence-electron chi connectivity index (χ1n) is 6.15. The molecule has 0 fully saturated rings. The lowest BCUT2D eigenvalue weighted by Gasteiger charge is -2.05. The number of rotatable bonds is 4. The summed E-state index contributed by atoms with van der Waals surface area (Å²) in [4.78, 5) is 4.64. The predicted octanol–water partition coefficient (Wildman–Crippen LogP) is 1.94. The number of nitrogens with one attached hydrogen (secondary N) is 1. The molecule has 0 saturated heterocycles. The van der Waals surface area contributed by atoms with E-state index in [4.69, 9.17) is 5.26 Å². The van der Waals surface area contributed by atoms with E-state index in [1.54, 1.807) is 0 Å². The van der Waals surface area contributed by atoms with Gasteiger partial charge in [0, 0.05) is 13.0 Å². The first-order chi connectivity index (χ1) is 8.67. The zero-order valence-electron chi connectivity index (χ0n) is 11.1. The Morgan fingerprint density at radius 1 is 1.33 bits per heavy atom. The Morgan fingerprint density at radius 3 is 2.72 bits per heavy atom. The second-order valence-electron chi connectivity index (χ2n) is 4.55. The number of fused-ring (bicyclic) bond motifs is 1. The highest BCUT2D eigenvalue weighted by Crippen LogP contribution is 2.21. The van der Waals surface area contributed by atoms with Crippen LogP contribution in [0.15, 0.2) is 12.1 Å². The van der Waals surface area contributed by atoms with Crippen LogP contribution in [-0.2, 0) is 13.0 Å². The van der Waals surface area contributed by atoms with Crippen LogP contribution in [0.5, 0.6) is 0 Å². The third-order valence-electron chi connectivity index (χ3n) is 3.27. The molecule has 0 amide bonds. The molecule has 0 atom stereocenters. The monoisotopic (exact) mass is 242 g/mol. The lowest BCUT2D eigenvalue weighted by Crippen LogP contribution is -2.14. The van der Waals surface area contributed by atoms with E-state index in [0.717, 1.165) is 29.8 Å². The van der Waals surface area contributed by atoms with Crippen LogP contribution in [0.3, 0.4) is 0 Å². The third-order valence-corrected chi connectivity index (χ3v) is 3.27. The molecule has 0 saturated carbocycles. The van der Waals surface area contributed by atoms with Crippen molar-refractivity contribution in [3.05, 3.63) is 29.1 Å². The molecule has 0 aliphatic heterocycles. The highest BCUT2D eigenvalue weighted by Gasteiger charge is 2.11. The van der Waals surface area contributed by atoms with Gasteiger partial charge in [-0.15, -0.1) is 0 Å². The average molecular weight is 242 g/mol. The van der Waals surface area contributed by atoms with Crippen molar-refractivity contribution >= 4 is 11.0 Å². The molecule has 4 nitrogen and oxygen atoms in total. The van der Waals surface area contributed by atoms with Gasteiger partial charge in [0.1, 0.15) is 12.4 Å². The maximum atomic E-state index is 8.96. The van der Waals surface area contributed by atoms with Gasteiger partial charge in [-0.3, -0.25) is 0 Å². The molecule has 1 aromatic carbocycles. The van der Waals surface area contributed by atoms with Gasteiger partial charge in [-0.25, -0.2) is 4.98 Å². The summed E-state index contributed by atoms with van der Waals surface area (Å²) < 4.78 is 2.01. The number of aromatic nitrogens is 2. The summed E-state index contributed by atoms with van der Waals surface area (Å²) in [5, 5.41) is 12.1. The van der Waals surface area contributed by atoms with Crippen molar-refractivity contribution in [1.29, 1.82) is 5.26 Å². The Bertz CT molecular complexity index is 604. The fraction of sp³-hybridized carbons (Fsp3) is 0.429. The van der Waals surface area contributed by atoms with E-state index in [2.05, 4.69) is 42.4 Å². The smallest absolute Gasteiger partial charge is 0.112 e. The van der Waals surface area contributed by atoms with Crippen molar-refractivity contribution in [3.63, 3.8) is 0 Å². The van der Waals surface area contributed by atoms with Crippen LogP contribution in [0.25, 0.3) is 11.0 Å². The Labute approximate surface area is 107 Å².